The van der Waals surface area contributed by atoms with Crippen LogP contribution in [0.2, 0.25) is 0 Å². The Morgan fingerprint density at radius 1 is 0.753 bits per heavy atom. The lowest BCUT2D eigenvalue weighted by atomic mass is 9.72. The van der Waals surface area contributed by atoms with E-state index in [0.29, 0.717) is 101 Å². The first-order valence-corrected chi connectivity index (χ1v) is 29.4. The molecule has 5 aromatic rings. The fourth-order valence-electron chi connectivity index (χ4n) is 14.5. The molecule has 13 rings (SSSR count). The average molecular weight is 1100 g/mol. The van der Waals surface area contributed by atoms with Gasteiger partial charge < -0.3 is 34.4 Å². The molecule has 1 saturated carbocycles. The zero-order valence-corrected chi connectivity index (χ0v) is 46.4. The minimum atomic E-state index is -1.03. The number of halogens is 1. The van der Waals surface area contributed by atoms with Gasteiger partial charge in [-0.25, -0.2) is 14.4 Å². The number of carbonyl (C=O) groups excluding carboxylic acids is 7. The highest BCUT2D eigenvalue weighted by atomic mass is 19.1. The van der Waals surface area contributed by atoms with Crippen molar-refractivity contribution in [1.82, 2.24) is 39.5 Å². The second-order valence-corrected chi connectivity index (χ2v) is 24.6. The van der Waals surface area contributed by atoms with Crippen LogP contribution in [0.3, 0.4) is 0 Å². The normalized spacial score (nSPS) is 24.0. The molecule has 3 aromatic carbocycles. The summed E-state index contributed by atoms with van der Waals surface area (Å²) in [5, 5.41) is 5.52. The number of rotatable bonds is 10. The monoisotopic (exact) mass is 1100 g/mol. The summed E-state index contributed by atoms with van der Waals surface area (Å²) in [5.41, 5.74) is 4.99. The minimum Gasteiger partial charge on any atom is -0.371 e. The molecule has 81 heavy (non-hydrogen) atoms. The molecule has 1 spiro atoms. The Bertz CT molecular complexity index is 3410. The Hall–Kier alpha value is -7.54. The third-order valence-corrected chi connectivity index (χ3v) is 19.5. The molecule has 1 aliphatic carbocycles. The lowest BCUT2D eigenvalue weighted by Crippen LogP contribution is -2.59. The maximum atomic E-state index is 15.4. The van der Waals surface area contributed by atoms with Crippen LogP contribution < -0.4 is 20.4 Å². The number of hydrogen-bond donors (Lipinski definition) is 2. The van der Waals surface area contributed by atoms with E-state index >= 15 is 9.18 Å². The fourth-order valence-corrected chi connectivity index (χ4v) is 14.5. The fraction of sp³-hybridized carbons (Fsp3) is 0.500. The maximum absolute atomic E-state index is 15.4. The first-order valence-electron chi connectivity index (χ1n) is 29.4. The van der Waals surface area contributed by atoms with Gasteiger partial charge in [-0.3, -0.25) is 43.8 Å². The number of fused-ring (bicyclic) bond motifs is 4. The molecular formula is C62H70FN11O7. The Morgan fingerprint density at radius 2 is 1.47 bits per heavy atom. The minimum absolute atomic E-state index is 0.0498. The average Bonchev–Trinajstić information content (AvgIpc) is 3.13. The third kappa shape index (κ3) is 9.04. The predicted molar refractivity (Wildman–Crippen MR) is 302 cm³/mol. The summed E-state index contributed by atoms with van der Waals surface area (Å²) in [7, 11) is 0. The van der Waals surface area contributed by atoms with Crippen molar-refractivity contribution >= 4 is 75.3 Å². The molecule has 2 aromatic heterocycles. The van der Waals surface area contributed by atoms with Crippen molar-refractivity contribution in [2.75, 3.05) is 67.5 Å². The highest BCUT2D eigenvalue weighted by molar-refractivity contribution is 6.24. The van der Waals surface area contributed by atoms with Gasteiger partial charge in [-0.2, -0.15) is 0 Å². The van der Waals surface area contributed by atoms with Crippen molar-refractivity contribution in [3.05, 3.63) is 95.6 Å². The summed E-state index contributed by atoms with van der Waals surface area (Å²) in [6, 6.07) is 19.5. The smallest absolute Gasteiger partial charge is 0.262 e. The van der Waals surface area contributed by atoms with Crippen LogP contribution in [0.25, 0.3) is 22.3 Å². The molecule has 5 saturated heterocycles. The van der Waals surface area contributed by atoms with Gasteiger partial charge in [0.1, 0.15) is 17.4 Å². The molecule has 8 aliphatic rings. The number of carbonyl (C=O) groups is 7. The van der Waals surface area contributed by atoms with Crippen LogP contribution in [0.4, 0.5) is 27.3 Å². The zero-order chi connectivity index (χ0) is 56.1. The van der Waals surface area contributed by atoms with E-state index in [1.807, 2.05) is 27.4 Å². The van der Waals surface area contributed by atoms with Crippen molar-refractivity contribution in [1.29, 1.82) is 0 Å². The lowest BCUT2D eigenvalue weighted by Gasteiger charge is -2.48. The van der Waals surface area contributed by atoms with Crippen LogP contribution in [0, 0.1) is 17.2 Å². The van der Waals surface area contributed by atoms with Crippen molar-refractivity contribution in [2.45, 2.75) is 134 Å². The van der Waals surface area contributed by atoms with Gasteiger partial charge in [-0.1, -0.05) is 37.6 Å². The zero-order valence-electron chi connectivity index (χ0n) is 46.4. The van der Waals surface area contributed by atoms with E-state index in [0.717, 1.165) is 64.4 Å². The van der Waals surface area contributed by atoms with Gasteiger partial charge in [0, 0.05) is 92.1 Å². The van der Waals surface area contributed by atoms with Gasteiger partial charge in [0.25, 0.3) is 11.8 Å². The predicted octanol–water partition coefficient (Wildman–Crippen LogP) is 7.73. The number of aromatic nitrogens is 3. The first-order chi connectivity index (χ1) is 39.1. The molecular weight excluding hydrogens is 1030 g/mol. The molecule has 1 atom stereocenters. The van der Waals surface area contributed by atoms with Crippen molar-refractivity contribution < 1.29 is 38.0 Å². The molecule has 9 heterocycles. The van der Waals surface area contributed by atoms with Crippen LogP contribution in [-0.2, 0) is 29.4 Å². The van der Waals surface area contributed by atoms with Gasteiger partial charge in [0.05, 0.1) is 39.8 Å². The standard InChI is InChI=1S/C62H70FN11O7/c1-37(2)72-36-64-49-35-48(66-54(53(49)72)65-47-10-6-5-9-46(47)63)39-11-14-45-51(31-39)73(42-32-41(33-42)68-23-7-4-8-24-68)60(81)62(45)21-29-71(30-22-62)59(80)61(3)19-27-70(28-20-61)56(77)38-17-25-69(26-18-38)40-12-13-43-44(34-40)58(79)74(57(43)78)50-15-16-52(75)67-55(50)76/h5-6,9-14,31,34-38,41-42,50H,4,7-8,15-30,32-33H2,1-3H3,(H,65,66)(H,67,75,76)/t41-,42+,50?. The van der Waals surface area contributed by atoms with E-state index in [2.05, 4.69) is 57.4 Å². The second-order valence-electron chi connectivity index (χ2n) is 24.6. The number of benzene rings is 3. The van der Waals surface area contributed by atoms with Crippen molar-refractivity contribution in [2.24, 2.45) is 11.3 Å². The lowest BCUT2D eigenvalue weighted by molar-refractivity contribution is -0.150. The molecule has 7 aliphatic heterocycles. The number of imidazole rings is 1. The van der Waals surface area contributed by atoms with E-state index in [-0.39, 0.29) is 65.5 Å². The highest BCUT2D eigenvalue weighted by Gasteiger charge is 2.57. The number of amides is 7. The van der Waals surface area contributed by atoms with E-state index in [4.69, 9.17) is 9.97 Å². The van der Waals surface area contributed by atoms with E-state index < -0.39 is 40.5 Å². The molecule has 1 unspecified atom stereocenters. The topological polar surface area (TPSA) is 194 Å². The summed E-state index contributed by atoms with van der Waals surface area (Å²) >= 11 is 0. The number of imide groups is 2. The van der Waals surface area contributed by atoms with Crippen molar-refractivity contribution in [3.63, 3.8) is 0 Å². The number of hydrogen-bond acceptors (Lipinski definition) is 12. The summed E-state index contributed by atoms with van der Waals surface area (Å²) in [6.07, 6.45) is 10.8. The van der Waals surface area contributed by atoms with Gasteiger partial charge in [0.15, 0.2) is 5.82 Å². The summed E-state index contributed by atoms with van der Waals surface area (Å²) in [5.74, 6) is -1.96. The molecule has 422 valence electrons. The largest absolute Gasteiger partial charge is 0.371 e. The van der Waals surface area contributed by atoms with E-state index in [9.17, 15) is 28.8 Å². The Labute approximate surface area is 470 Å². The summed E-state index contributed by atoms with van der Waals surface area (Å²) in [4.78, 5) is 117. The number of pyridine rings is 1. The number of likely N-dealkylation sites (tertiary alicyclic amines) is 3. The van der Waals surface area contributed by atoms with Gasteiger partial charge >= 0.3 is 0 Å². The third-order valence-electron chi connectivity index (χ3n) is 19.5. The van der Waals surface area contributed by atoms with Crippen LogP contribution in [0.1, 0.15) is 137 Å². The quantitative estimate of drug-likeness (QED) is 0.130. The molecule has 19 heteroatoms. The molecule has 7 amide bonds. The summed E-state index contributed by atoms with van der Waals surface area (Å²) in [6.45, 7) is 11.4. The molecule has 2 N–H and O–H groups in total. The van der Waals surface area contributed by atoms with Crippen LogP contribution in [0.5, 0.6) is 0 Å². The van der Waals surface area contributed by atoms with Gasteiger partial charge in [-0.05, 0) is 146 Å². The number of piperidine rings is 5. The van der Waals surface area contributed by atoms with Crippen LogP contribution in [0.15, 0.2) is 73.1 Å². The number of nitrogens with zero attached hydrogens (tertiary/aromatic N) is 9. The van der Waals surface area contributed by atoms with E-state index in [1.165, 1.54) is 25.3 Å². The van der Waals surface area contributed by atoms with Crippen molar-refractivity contribution in [3.8, 4) is 11.3 Å². The maximum Gasteiger partial charge on any atom is 0.262 e. The highest BCUT2D eigenvalue weighted by Crippen LogP contribution is 2.53. The molecule has 6 fully saturated rings. The van der Waals surface area contributed by atoms with Crippen LogP contribution in [-0.4, -0.2) is 146 Å². The Balaban J connectivity index is 0.674. The second kappa shape index (κ2) is 20.5. The molecule has 18 nitrogen and oxygen atoms in total. The number of nitrogens with one attached hydrogen (secondary N) is 2. The Morgan fingerprint density at radius 3 is 2.19 bits per heavy atom. The SMILES string of the molecule is CC(C)n1cnc2cc(-c3ccc4c(c3)N([C@H]3C[C@@H](N5CCCCC5)C3)C(=O)C43CCN(C(=O)C4(C)CCN(C(=O)C5CCN(c6ccc7c(c6)C(=O)N(C6CCC(=O)NC6=O)C7=O)CC5)CC4)CC3)nc(Nc3ccccc3F)c21. The van der Waals surface area contributed by atoms with Crippen LogP contribution >= 0.6 is 0 Å². The first kappa shape index (κ1) is 52.8. The van der Waals surface area contributed by atoms with Gasteiger partial charge in [-0.15, -0.1) is 0 Å². The summed E-state index contributed by atoms with van der Waals surface area (Å²) < 4.78 is 17.2. The molecule has 0 radical (unpaired) electrons. The molecule has 0 bridgehead atoms. The number of anilines is 4. The van der Waals surface area contributed by atoms with Gasteiger partial charge in [0.2, 0.25) is 29.5 Å². The Kier molecular flexibility index (Phi) is 13.3. The number of para-hydroxylation sites is 1. The van der Waals surface area contributed by atoms with E-state index in [1.54, 1.807) is 42.7 Å².